The van der Waals surface area contributed by atoms with Gasteiger partial charge in [0.05, 0.1) is 0 Å². The van der Waals surface area contributed by atoms with Crippen molar-refractivity contribution in [3.63, 3.8) is 0 Å². The number of rotatable bonds is 3. The summed E-state index contributed by atoms with van der Waals surface area (Å²) in [5, 5.41) is 9.12. The maximum Gasteiger partial charge on any atom is 0.407 e. The van der Waals surface area contributed by atoms with Gasteiger partial charge in [0.2, 0.25) is 0 Å². The van der Waals surface area contributed by atoms with Gasteiger partial charge in [-0.05, 0) is 26.3 Å². The fraction of sp³-hybridized carbons (Fsp3) is 0.400. The van der Waals surface area contributed by atoms with Crippen molar-refractivity contribution >= 4 is 6.09 Å². The molecule has 118 valence electrons. The Morgan fingerprint density at radius 1 is 1.36 bits per heavy atom. The predicted molar refractivity (Wildman–Crippen MR) is 82.3 cm³/mol. The number of aromatic nitrogens is 3. The molecule has 0 saturated heterocycles. The van der Waals surface area contributed by atoms with E-state index in [-0.39, 0.29) is 12.2 Å². The van der Waals surface area contributed by atoms with Gasteiger partial charge in [-0.15, -0.1) is 0 Å². The predicted octanol–water partition coefficient (Wildman–Crippen LogP) is 1.80. The number of ether oxygens (including phenoxy) is 1. The molecular formula is C15H20N4O3. The van der Waals surface area contributed by atoms with Crippen LogP contribution in [0, 0.1) is 0 Å². The largest absolute Gasteiger partial charge is 0.444 e. The average molecular weight is 304 g/mol. The van der Waals surface area contributed by atoms with Crippen LogP contribution < -0.4 is 11.0 Å². The molecule has 2 N–H and O–H groups in total. The van der Waals surface area contributed by atoms with E-state index in [0.29, 0.717) is 5.82 Å². The lowest BCUT2D eigenvalue weighted by molar-refractivity contribution is 0.0523. The summed E-state index contributed by atoms with van der Waals surface area (Å²) >= 11 is 0. The third-order valence-electron chi connectivity index (χ3n) is 2.96. The van der Waals surface area contributed by atoms with Crippen LogP contribution in [0.15, 0.2) is 29.1 Å². The van der Waals surface area contributed by atoms with Crippen LogP contribution in [-0.4, -0.2) is 26.5 Å². The number of carbonyl (C=O) groups is 1. The zero-order chi connectivity index (χ0) is 16.3. The maximum absolute atomic E-state index is 11.7. The van der Waals surface area contributed by atoms with E-state index in [0.717, 1.165) is 11.1 Å². The van der Waals surface area contributed by atoms with Gasteiger partial charge in [-0.1, -0.05) is 24.3 Å². The average Bonchev–Trinajstić information content (AvgIpc) is 2.75. The summed E-state index contributed by atoms with van der Waals surface area (Å²) in [5.74, 6) is 0.520. The van der Waals surface area contributed by atoms with Crippen molar-refractivity contribution in [3.05, 3.63) is 40.3 Å². The van der Waals surface area contributed by atoms with Gasteiger partial charge in [-0.2, -0.15) is 5.10 Å². The molecule has 0 radical (unpaired) electrons. The lowest BCUT2D eigenvalue weighted by atomic mass is 10.1. The van der Waals surface area contributed by atoms with E-state index in [1.165, 1.54) is 4.57 Å². The van der Waals surface area contributed by atoms with E-state index >= 15 is 0 Å². The van der Waals surface area contributed by atoms with Crippen LogP contribution in [0.2, 0.25) is 0 Å². The molecule has 0 aliphatic heterocycles. The second-order valence-electron chi connectivity index (χ2n) is 5.92. The van der Waals surface area contributed by atoms with Crippen LogP contribution in [0.1, 0.15) is 26.3 Å². The van der Waals surface area contributed by atoms with Crippen LogP contribution in [0.4, 0.5) is 4.79 Å². The Labute approximate surface area is 128 Å². The molecule has 2 rings (SSSR count). The molecule has 1 aromatic heterocycles. The number of hydrogen-bond donors (Lipinski definition) is 2. The Bertz CT molecular complexity index is 725. The van der Waals surface area contributed by atoms with Gasteiger partial charge in [0.1, 0.15) is 5.60 Å². The van der Waals surface area contributed by atoms with Gasteiger partial charge in [0.15, 0.2) is 5.82 Å². The first-order chi connectivity index (χ1) is 10.3. The number of aromatic amines is 1. The minimum atomic E-state index is -0.546. The summed E-state index contributed by atoms with van der Waals surface area (Å²) < 4.78 is 6.63. The Balaban J connectivity index is 2.18. The Morgan fingerprint density at radius 2 is 2.05 bits per heavy atom. The molecule has 0 aliphatic rings. The highest BCUT2D eigenvalue weighted by Crippen LogP contribution is 2.20. The molecule has 1 amide bonds. The smallest absolute Gasteiger partial charge is 0.407 e. The van der Waals surface area contributed by atoms with E-state index in [2.05, 4.69) is 15.5 Å². The third-order valence-corrected chi connectivity index (χ3v) is 2.96. The van der Waals surface area contributed by atoms with Crippen molar-refractivity contribution in [2.75, 3.05) is 0 Å². The molecule has 1 aromatic carbocycles. The van der Waals surface area contributed by atoms with Gasteiger partial charge in [-0.3, -0.25) is 4.57 Å². The summed E-state index contributed by atoms with van der Waals surface area (Å²) in [6.45, 7) is 5.70. The number of carbonyl (C=O) groups excluding carboxylic acids is 1. The SMILES string of the molecule is Cn1c(-c2ccccc2CNC(=O)OC(C)(C)C)n[nH]c1=O. The fourth-order valence-electron chi connectivity index (χ4n) is 1.96. The lowest BCUT2D eigenvalue weighted by Crippen LogP contribution is -2.32. The van der Waals surface area contributed by atoms with Gasteiger partial charge in [-0.25, -0.2) is 14.7 Å². The Kier molecular flexibility index (Phi) is 4.35. The molecular weight excluding hydrogens is 284 g/mol. The highest BCUT2D eigenvalue weighted by molar-refractivity contribution is 5.68. The van der Waals surface area contributed by atoms with Gasteiger partial charge < -0.3 is 10.1 Å². The van der Waals surface area contributed by atoms with Crippen molar-refractivity contribution in [3.8, 4) is 11.4 Å². The summed E-state index contributed by atoms with van der Waals surface area (Å²) in [6, 6.07) is 7.43. The minimum Gasteiger partial charge on any atom is -0.444 e. The molecule has 7 heteroatoms. The Morgan fingerprint density at radius 3 is 2.64 bits per heavy atom. The monoisotopic (exact) mass is 304 g/mol. The van der Waals surface area contributed by atoms with Gasteiger partial charge in [0.25, 0.3) is 0 Å². The number of benzene rings is 1. The second kappa shape index (κ2) is 6.05. The molecule has 0 aliphatic carbocycles. The number of hydrogen-bond acceptors (Lipinski definition) is 4. The summed E-state index contributed by atoms with van der Waals surface area (Å²) in [5.41, 5.74) is 0.787. The first-order valence-electron chi connectivity index (χ1n) is 6.94. The fourth-order valence-corrected chi connectivity index (χ4v) is 1.96. The topological polar surface area (TPSA) is 89.0 Å². The quantitative estimate of drug-likeness (QED) is 0.905. The van der Waals surface area contributed by atoms with Crippen LogP contribution in [0.5, 0.6) is 0 Å². The minimum absolute atomic E-state index is 0.284. The van der Waals surface area contributed by atoms with Crippen molar-refractivity contribution in [2.45, 2.75) is 32.9 Å². The number of nitrogens with one attached hydrogen (secondary N) is 2. The van der Waals surface area contributed by atoms with E-state index in [1.54, 1.807) is 27.8 Å². The third kappa shape index (κ3) is 3.75. The van der Waals surface area contributed by atoms with E-state index in [1.807, 2.05) is 24.3 Å². The molecule has 0 spiro atoms. The van der Waals surface area contributed by atoms with Crippen LogP contribution in [-0.2, 0) is 18.3 Å². The summed E-state index contributed by atoms with van der Waals surface area (Å²) in [4.78, 5) is 23.2. The second-order valence-corrected chi connectivity index (χ2v) is 5.92. The number of amides is 1. The van der Waals surface area contributed by atoms with Crippen LogP contribution in [0.25, 0.3) is 11.4 Å². The maximum atomic E-state index is 11.7. The molecule has 0 atom stereocenters. The highest BCUT2D eigenvalue weighted by atomic mass is 16.6. The molecule has 0 saturated carbocycles. The molecule has 22 heavy (non-hydrogen) atoms. The van der Waals surface area contributed by atoms with Crippen molar-refractivity contribution in [1.82, 2.24) is 20.1 Å². The lowest BCUT2D eigenvalue weighted by Gasteiger charge is -2.20. The standard InChI is InChI=1S/C15H20N4O3/c1-15(2,3)22-14(21)16-9-10-7-5-6-8-11(10)12-17-18-13(20)19(12)4/h5-8H,9H2,1-4H3,(H,16,21)(H,18,20). The van der Waals surface area contributed by atoms with Gasteiger partial charge >= 0.3 is 11.8 Å². The van der Waals surface area contributed by atoms with Crippen molar-refractivity contribution in [2.24, 2.45) is 7.05 Å². The summed E-state index contributed by atoms with van der Waals surface area (Å²) in [7, 11) is 1.64. The number of H-pyrrole nitrogens is 1. The van der Waals surface area contributed by atoms with Crippen molar-refractivity contribution < 1.29 is 9.53 Å². The zero-order valence-electron chi connectivity index (χ0n) is 13.1. The first-order valence-corrected chi connectivity index (χ1v) is 6.94. The molecule has 0 fully saturated rings. The summed E-state index contributed by atoms with van der Waals surface area (Å²) in [6.07, 6.45) is -0.488. The molecule has 7 nitrogen and oxygen atoms in total. The van der Waals surface area contributed by atoms with Crippen LogP contribution >= 0.6 is 0 Å². The normalized spacial score (nSPS) is 11.3. The van der Waals surface area contributed by atoms with Crippen LogP contribution in [0.3, 0.4) is 0 Å². The van der Waals surface area contributed by atoms with E-state index in [4.69, 9.17) is 4.74 Å². The first kappa shape index (κ1) is 15.8. The number of alkyl carbamates (subject to hydrolysis) is 1. The zero-order valence-corrected chi connectivity index (χ0v) is 13.1. The van der Waals surface area contributed by atoms with E-state index in [9.17, 15) is 9.59 Å². The Hall–Kier alpha value is -2.57. The highest BCUT2D eigenvalue weighted by Gasteiger charge is 2.17. The molecule has 2 aromatic rings. The molecule has 1 heterocycles. The van der Waals surface area contributed by atoms with Gasteiger partial charge in [0, 0.05) is 19.2 Å². The van der Waals surface area contributed by atoms with E-state index < -0.39 is 11.7 Å². The molecule has 0 unspecified atom stereocenters. The number of nitrogens with zero attached hydrogens (tertiary/aromatic N) is 2. The molecule has 0 bridgehead atoms. The van der Waals surface area contributed by atoms with Crippen molar-refractivity contribution in [1.29, 1.82) is 0 Å².